The molecular formula is C16H14F2N2. The van der Waals surface area contributed by atoms with Crippen LogP contribution in [0.15, 0.2) is 42.5 Å². The fraction of sp³-hybridized carbons (Fsp3) is 0.188. The van der Waals surface area contributed by atoms with Crippen LogP contribution in [0.25, 0.3) is 0 Å². The summed E-state index contributed by atoms with van der Waals surface area (Å²) in [6.45, 7) is 2.70. The van der Waals surface area contributed by atoms with Gasteiger partial charge in [-0.2, -0.15) is 5.26 Å². The molecule has 0 aliphatic carbocycles. The summed E-state index contributed by atoms with van der Waals surface area (Å²) in [5, 5.41) is 8.72. The van der Waals surface area contributed by atoms with E-state index in [9.17, 15) is 8.78 Å². The molecule has 0 aliphatic heterocycles. The van der Waals surface area contributed by atoms with Gasteiger partial charge in [0.1, 0.15) is 11.6 Å². The lowest BCUT2D eigenvalue weighted by Crippen LogP contribution is -2.23. The normalized spacial score (nSPS) is 10.1. The van der Waals surface area contributed by atoms with E-state index < -0.39 is 5.82 Å². The monoisotopic (exact) mass is 272 g/mol. The molecule has 0 heterocycles. The second kappa shape index (κ2) is 6.16. The lowest BCUT2D eigenvalue weighted by atomic mass is 10.1. The molecule has 0 N–H and O–H groups in total. The molecule has 0 radical (unpaired) electrons. The van der Waals surface area contributed by atoms with E-state index >= 15 is 0 Å². The second-order valence-corrected chi connectivity index (χ2v) is 4.38. The van der Waals surface area contributed by atoms with Crippen molar-refractivity contribution in [1.82, 2.24) is 0 Å². The fourth-order valence-electron chi connectivity index (χ4n) is 2.03. The Morgan fingerprint density at radius 1 is 1.10 bits per heavy atom. The maximum Gasteiger partial charge on any atom is 0.146 e. The summed E-state index contributed by atoms with van der Waals surface area (Å²) in [7, 11) is 0. The zero-order valence-electron chi connectivity index (χ0n) is 11.1. The summed E-state index contributed by atoms with van der Waals surface area (Å²) in [6, 6.07) is 12.6. The molecule has 2 aromatic carbocycles. The topological polar surface area (TPSA) is 27.0 Å². The minimum atomic E-state index is -0.446. The van der Waals surface area contributed by atoms with Gasteiger partial charge in [-0.15, -0.1) is 0 Å². The number of nitrogens with zero attached hydrogens (tertiary/aromatic N) is 2. The fourth-order valence-corrected chi connectivity index (χ4v) is 2.03. The van der Waals surface area contributed by atoms with E-state index in [0.29, 0.717) is 17.8 Å². The molecule has 0 aromatic heterocycles. The van der Waals surface area contributed by atoms with Crippen LogP contribution >= 0.6 is 0 Å². The number of rotatable bonds is 4. The third kappa shape index (κ3) is 2.94. The van der Waals surface area contributed by atoms with Gasteiger partial charge >= 0.3 is 0 Å². The van der Waals surface area contributed by atoms with Gasteiger partial charge in [0.25, 0.3) is 0 Å². The zero-order valence-corrected chi connectivity index (χ0v) is 11.1. The van der Waals surface area contributed by atoms with Crippen molar-refractivity contribution >= 4 is 5.69 Å². The maximum atomic E-state index is 13.9. The van der Waals surface area contributed by atoms with Gasteiger partial charge in [0, 0.05) is 18.7 Å². The quantitative estimate of drug-likeness (QED) is 0.845. The smallest absolute Gasteiger partial charge is 0.146 e. The van der Waals surface area contributed by atoms with E-state index in [1.54, 1.807) is 35.2 Å². The highest BCUT2D eigenvalue weighted by Gasteiger charge is 2.12. The van der Waals surface area contributed by atoms with Gasteiger partial charge in [-0.1, -0.05) is 18.2 Å². The SMILES string of the molecule is CCN(Cc1ccc(C#N)cc1F)c1ccccc1F. The van der Waals surface area contributed by atoms with Gasteiger partial charge in [0.2, 0.25) is 0 Å². The Balaban J connectivity index is 2.28. The number of anilines is 1. The van der Waals surface area contributed by atoms with Crippen LogP contribution in [-0.2, 0) is 6.54 Å². The Kier molecular flexibility index (Phi) is 4.31. The molecule has 4 heteroatoms. The lowest BCUT2D eigenvalue weighted by Gasteiger charge is -2.24. The second-order valence-electron chi connectivity index (χ2n) is 4.38. The average molecular weight is 272 g/mol. The summed E-state index contributed by atoms with van der Waals surface area (Å²) in [5.41, 5.74) is 1.16. The van der Waals surface area contributed by atoms with Crippen LogP contribution in [0.5, 0.6) is 0 Å². The number of hydrogen-bond acceptors (Lipinski definition) is 2. The molecule has 102 valence electrons. The minimum Gasteiger partial charge on any atom is -0.365 e. The predicted octanol–water partition coefficient (Wildman–Crippen LogP) is 3.86. The number of hydrogen-bond donors (Lipinski definition) is 0. The number of benzene rings is 2. The van der Waals surface area contributed by atoms with Gasteiger partial charge in [-0.25, -0.2) is 8.78 Å². The molecule has 0 unspecified atom stereocenters. The van der Waals surface area contributed by atoms with E-state index in [-0.39, 0.29) is 17.9 Å². The summed E-state index contributed by atoms with van der Waals surface area (Å²) in [4.78, 5) is 1.75. The first-order valence-electron chi connectivity index (χ1n) is 6.33. The van der Waals surface area contributed by atoms with E-state index in [2.05, 4.69) is 0 Å². The molecular weight excluding hydrogens is 258 g/mol. The number of halogens is 2. The van der Waals surface area contributed by atoms with Crippen LogP contribution < -0.4 is 4.90 Å². The zero-order chi connectivity index (χ0) is 14.5. The standard InChI is InChI=1S/C16H14F2N2/c1-2-20(16-6-4-3-5-14(16)17)11-13-8-7-12(10-19)9-15(13)18/h3-9H,2,11H2,1H3. The van der Waals surface area contributed by atoms with E-state index in [0.717, 1.165) is 0 Å². The third-order valence-electron chi connectivity index (χ3n) is 3.12. The Bertz CT molecular complexity index is 647. The van der Waals surface area contributed by atoms with Crippen LogP contribution in [0.3, 0.4) is 0 Å². The molecule has 0 saturated heterocycles. The van der Waals surface area contributed by atoms with E-state index in [4.69, 9.17) is 5.26 Å². The first-order chi connectivity index (χ1) is 9.65. The molecule has 2 rings (SSSR count). The molecule has 0 bridgehead atoms. The molecule has 2 aromatic rings. The van der Waals surface area contributed by atoms with E-state index in [1.165, 1.54) is 12.1 Å². The van der Waals surface area contributed by atoms with Crippen molar-refractivity contribution < 1.29 is 8.78 Å². The number of nitriles is 1. The first-order valence-corrected chi connectivity index (χ1v) is 6.33. The average Bonchev–Trinajstić information content (AvgIpc) is 2.47. The van der Waals surface area contributed by atoms with Crippen LogP contribution in [0, 0.1) is 23.0 Å². The number of para-hydroxylation sites is 1. The molecule has 2 nitrogen and oxygen atoms in total. The maximum absolute atomic E-state index is 13.9. The molecule has 0 saturated carbocycles. The molecule has 0 spiro atoms. The minimum absolute atomic E-state index is 0.259. The highest BCUT2D eigenvalue weighted by molar-refractivity contribution is 5.48. The Morgan fingerprint density at radius 2 is 1.85 bits per heavy atom. The highest BCUT2D eigenvalue weighted by atomic mass is 19.1. The molecule has 0 atom stereocenters. The summed E-state index contributed by atoms with van der Waals surface area (Å²) < 4.78 is 27.6. The van der Waals surface area contributed by atoms with Crippen LogP contribution in [-0.4, -0.2) is 6.54 Å². The third-order valence-corrected chi connectivity index (χ3v) is 3.12. The molecule has 20 heavy (non-hydrogen) atoms. The Hall–Kier alpha value is -2.41. The predicted molar refractivity (Wildman–Crippen MR) is 74.2 cm³/mol. The van der Waals surface area contributed by atoms with Crippen LogP contribution in [0.1, 0.15) is 18.1 Å². The first kappa shape index (κ1) is 14.0. The molecule has 0 amide bonds. The van der Waals surface area contributed by atoms with Gasteiger partial charge in [0.15, 0.2) is 0 Å². The highest BCUT2D eigenvalue weighted by Crippen LogP contribution is 2.22. The molecule has 0 fully saturated rings. The summed E-state index contributed by atoms with van der Waals surface area (Å²) in [5.74, 6) is -0.776. The molecule has 0 aliphatic rings. The van der Waals surface area contributed by atoms with Crippen molar-refractivity contribution in [2.45, 2.75) is 13.5 Å². The Morgan fingerprint density at radius 3 is 2.45 bits per heavy atom. The summed E-state index contributed by atoms with van der Waals surface area (Å²) >= 11 is 0. The Labute approximate surface area is 116 Å². The van der Waals surface area contributed by atoms with Crippen molar-refractivity contribution in [3.63, 3.8) is 0 Å². The van der Waals surface area contributed by atoms with Crippen molar-refractivity contribution in [2.75, 3.05) is 11.4 Å². The van der Waals surface area contributed by atoms with Crippen LogP contribution in [0.4, 0.5) is 14.5 Å². The lowest BCUT2D eigenvalue weighted by molar-refractivity contribution is 0.595. The van der Waals surface area contributed by atoms with Gasteiger partial charge in [-0.3, -0.25) is 0 Å². The van der Waals surface area contributed by atoms with Crippen molar-refractivity contribution in [1.29, 1.82) is 5.26 Å². The van der Waals surface area contributed by atoms with Gasteiger partial charge in [-0.05, 0) is 31.2 Å². The van der Waals surface area contributed by atoms with Crippen molar-refractivity contribution in [3.8, 4) is 6.07 Å². The van der Waals surface area contributed by atoms with Crippen molar-refractivity contribution in [3.05, 3.63) is 65.2 Å². The van der Waals surface area contributed by atoms with Gasteiger partial charge in [0.05, 0.1) is 17.3 Å². The summed E-state index contributed by atoms with van der Waals surface area (Å²) in [6.07, 6.45) is 0. The van der Waals surface area contributed by atoms with Crippen molar-refractivity contribution in [2.24, 2.45) is 0 Å². The van der Waals surface area contributed by atoms with Crippen LogP contribution in [0.2, 0.25) is 0 Å². The van der Waals surface area contributed by atoms with E-state index in [1.807, 2.05) is 13.0 Å². The largest absolute Gasteiger partial charge is 0.365 e. The van der Waals surface area contributed by atoms with Gasteiger partial charge < -0.3 is 4.90 Å².